The standard InChI is InChI=1S/C25H29F2N5O3S/c1-36(34,35)32(20-7-10-28-11-8-20)16-19-15-18(3-4-21(19)26)23-9-13-30-25(31-23)29-12-6-17-2-5-24(33)22(27)14-17/h2-5,9,13-15,20,28,33H,6-8,10-12,16H2,1H3,(H,29,30,31). The van der Waals surface area contributed by atoms with Gasteiger partial charge >= 0.3 is 0 Å². The zero-order chi connectivity index (χ0) is 25.7. The van der Waals surface area contributed by atoms with Crippen LogP contribution < -0.4 is 10.6 Å². The number of hydrogen-bond donors (Lipinski definition) is 3. The van der Waals surface area contributed by atoms with Gasteiger partial charge in [-0.3, -0.25) is 0 Å². The number of phenolic OH excluding ortho intramolecular Hbond substituents is 1. The first-order chi connectivity index (χ1) is 17.2. The highest BCUT2D eigenvalue weighted by molar-refractivity contribution is 7.88. The maximum atomic E-state index is 14.7. The number of piperidine rings is 1. The Morgan fingerprint density at radius 2 is 1.89 bits per heavy atom. The first kappa shape index (κ1) is 25.9. The fraction of sp³-hybridized carbons (Fsp3) is 0.360. The molecule has 0 radical (unpaired) electrons. The number of sulfonamides is 1. The van der Waals surface area contributed by atoms with Gasteiger partial charge in [0.25, 0.3) is 0 Å². The third-order valence-electron chi connectivity index (χ3n) is 6.17. The molecule has 0 saturated carbocycles. The van der Waals surface area contributed by atoms with Crippen LogP contribution in [0.5, 0.6) is 5.75 Å². The Balaban J connectivity index is 1.48. The van der Waals surface area contributed by atoms with Gasteiger partial charge in [-0.15, -0.1) is 0 Å². The number of phenols is 1. The van der Waals surface area contributed by atoms with Crippen molar-refractivity contribution >= 4 is 16.0 Å². The molecule has 3 N–H and O–H groups in total. The van der Waals surface area contributed by atoms with E-state index in [1.54, 1.807) is 30.5 Å². The molecule has 2 aromatic carbocycles. The summed E-state index contributed by atoms with van der Waals surface area (Å²) in [7, 11) is -3.54. The molecule has 36 heavy (non-hydrogen) atoms. The lowest BCUT2D eigenvalue weighted by atomic mass is 10.0. The van der Waals surface area contributed by atoms with E-state index in [0.717, 1.165) is 19.3 Å². The summed E-state index contributed by atoms with van der Waals surface area (Å²) >= 11 is 0. The van der Waals surface area contributed by atoms with Crippen molar-refractivity contribution in [3.63, 3.8) is 0 Å². The van der Waals surface area contributed by atoms with Crippen LogP contribution in [-0.2, 0) is 23.0 Å². The normalized spacial score (nSPS) is 14.8. The van der Waals surface area contributed by atoms with Crippen molar-refractivity contribution in [2.45, 2.75) is 31.8 Å². The van der Waals surface area contributed by atoms with E-state index in [4.69, 9.17) is 0 Å². The number of nitrogens with zero attached hydrogens (tertiary/aromatic N) is 3. The van der Waals surface area contributed by atoms with E-state index in [-0.39, 0.29) is 18.2 Å². The summed E-state index contributed by atoms with van der Waals surface area (Å²) in [4.78, 5) is 8.70. The van der Waals surface area contributed by atoms with Gasteiger partial charge in [0.1, 0.15) is 5.82 Å². The zero-order valence-electron chi connectivity index (χ0n) is 19.9. The number of aromatic nitrogens is 2. The lowest BCUT2D eigenvalue weighted by molar-refractivity contribution is 0.256. The average molecular weight is 518 g/mol. The van der Waals surface area contributed by atoms with Crippen LogP contribution in [0.25, 0.3) is 11.3 Å². The van der Waals surface area contributed by atoms with Crippen molar-refractivity contribution in [1.29, 1.82) is 0 Å². The Morgan fingerprint density at radius 1 is 1.11 bits per heavy atom. The third kappa shape index (κ3) is 6.54. The van der Waals surface area contributed by atoms with Gasteiger partial charge in [0.2, 0.25) is 16.0 Å². The molecule has 1 aromatic heterocycles. The lowest BCUT2D eigenvalue weighted by Crippen LogP contribution is -2.45. The fourth-order valence-electron chi connectivity index (χ4n) is 4.26. The number of rotatable bonds is 9. The molecule has 1 saturated heterocycles. The monoisotopic (exact) mass is 517 g/mol. The maximum Gasteiger partial charge on any atom is 0.223 e. The lowest BCUT2D eigenvalue weighted by Gasteiger charge is -2.33. The van der Waals surface area contributed by atoms with Crippen molar-refractivity contribution in [3.8, 4) is 17.0 Å². The van der Waals surface area contributed by atoms with Crippen LogP contribution in [0.3, 0.4) is 0 Å². The molecule has 4 rings (SSSR count). The van der Waals surface area contributed by atoms with Crippen molar-refractivity contribution in [2.75, 3.05) is 31.2 Å². The summed E-state index contributed by atoms with van der Waals surface area (Å²) in [5.74, 6) is -1.19. The van der Waals surface area contributed by atoms with Gasteiger partial charge in [0.05, 0.1) is 11.9 Å². The van der Waals surface area contributed by atoms with Crippen LogP contribution in [0.2, 0.25) is 0 Å². The minimum atomic E-state index is -3.54. The number of anilines is 1. The highest BCUT2D eigenvalue weighted by atomic mass is 32.2. The SMILES string of the molecule is CS(=O)(=O)N(Cc1cc(-c2ccnc(NCCc3ccc(O)c(F)c3)n2)ccc1F)C1CCNCC1. The topological polar surface area (TPSA) is 107 Å². The summed E-state index contributed by atoms with van der Waals surface area (Å²) in [6.45, 7) is 1.82. The summed E-state index contributed by atoms with van der Waals surface area (Å²) < 4.78 is 54.7. The predicted molar refractivity (Wildman–Crippen MR) is 134 cm³/mol. The van der Waals surface area contributed by atoms with Crippen LogP contribution in [0.4, 0.5) is 14.7 Å². The molecule has 0 amide bonds. The van der Waals surface area contributed by atoms with Gasteiger partial charge in [-0.05, 0) is 74.3 Å². The molecule has 11 heteroatoms. The molecule has 1 aliphatic heterocycles. The molecule has 0 aliphatic carbocycles. The number of nitrogens with one attached hydrogen (secondary N) is 2. The second kappa shape index (κ2) is 11.3. The highest BCUT2D eigenvalue weighted by Gasteiger charge is 2.29. The summed E-state index contributed by atoms with van der Waals surface area (Å²) in [5.41, 5.74) is 2.17. The zero-order valence-corrected chi connectivity index (χ0v) is 20.7. The van der Waals surface area contributed by atoms with Gasteiger partial charge in [-0.25, -0.2) is 27.2 Å². The van der Waals surface area contributed by atoms with Gasteiger partial charge < -0.3 is 15.7 Å². The molecule has 1 aliphatic rings. The minimum absolute atomic E-state index is 0.0530. The Labute approximate surface area is 209 Å². The van der Waals surface area contributed by atoms with Crippen molar-refractivity contribution in [2.24, 2.45) is 0 Å². The average Bonchev–Trinajstić information content (AvgIpc) is 2.85. The molecule has 2 heterocycles. The van der Waals surface area contributed by atoms with Gasteiger partial charge in [0, 0.05) is 36.5 Å². The molecular formula is C25H29F2N5O3S. The van der Waals surface area contributed by atoms with Crippen LogP contribution in [0.15, 0.2) is 48.7 Å². The van der Waals surface area contributed by atoms with E-state index >= 15 is 0 Å². The molecule has 3 aromatic rings. The minimum Gasteiger partial charge on any atom is -0.505 e. The summed E-state index contributed by atoms with van der Waals surface area (Å²) in [6, 6.07) is 10.3. The van der Waals surface area contributed by atoms with Crippen LogP contribution in [0, 0.1) is 11.6 Å². The largest absolute Gasteiger partial charge is 0.505 e. The second-order valence-corrected chi connectivity index (χ2v) is 10.8. The van der Waals surface area contributed by atoms with Gasteiger partial charge in [0.15, 0.2) is 11.6 Å². The second-order valence-electron chi connectivity index (χ2n) is 8.82. The molecule has 192 valence electrons. The number of halogens is 2. The van der Waals surface area contributed by atoms with Crippen LogP contribution in [-0.4, -0.2) is 59.7 Å². The van der Waals surface area contributed by atoms with E-state index in [2.05, 4.69) is 20.6 Å². The Bertz CT molecular complexity index is 1320. The molecular weight excluding hydrogens is 488 g/mol. The van der Waals surface area contributed by atoms with Gasteiger partial charge in [-0.2, -0.15) is 4.31 Å². The Kier molecular flexibility index (Phi) is 8.12. The van der Waals surface area contributed by atoms with Crippen LogP contribution in [0.1, 0.15) is 24.0 Å². The highest BCUT2D eigenvalue weighted by Crippen LogP contribution is 2.25. The first-order valence-corrected chi connectivity index (χ1v) is 13.6. The number of aromatic hydroxyl groups is 1. The smallest absolute Gasteiger partial charge is 0.223 e. The molecule has 0 unspecified atom stereocenters. The van der Waals surface area contributed by atoms with E-state index < -0.39 is 27.4 Å². The third-order valence-corrected chi connectivity index (χ3v) is 7.45. The van der Waals surface area contributed by atoms with E-state index in [1.807, 2.05) is 0 Å². The van der Waals surface area contributed by atoms with E-state index in [1.165, 1.54) is 22.5 Å². The fourth-order valence-corrected chi connectivity index (χ4v) is 5.39. The number of benzene rings is 2. The van der Waals surface area contributed by atoms with Crippen molar-refractivity contribution in [1.82, 2.24) is 19.6 Å². The molecule has 0 atom stereocenters. The molecule has 0 bridgehead atoms. The maximum absolute atomic E-state index is 14.7. The summed E-state index contributed by atoms with van der Waals surface area (Å²) in [6.07, 6.45) is 4.57. The quantitative estimate of drug-likeness (QED) is 0.400. The first-order valence-electron chi connectivity index (χ1n) is 11.7. The Hall–Kier alpha value is -3.15. The van der Waals surface area contributed by atoms with E-state index in [0.29, 0.717) is 48.6 Å². The van der Waals surface area contributed by atoms with Gasteiger partial charge in [-0.1, -0.05) is 6.07 Å². The molecule has 8 nitrogen and oxygen atoms in total. The summed E-state index contributed by atoms with van der Waals surface area (Å²) in [5, 5.41) is 15.6. The van der Waals surface area contributed by atoms with E-state index in [9.17, 15) is 22.3 Å². The van der Waals surface area contributed by atoms with Crippen LogP contribution >= 0.6 is 0 Å². The molecule has 1 fully saturated rings. The predicted octanol–water partition coefficient (Wildman–Crippen LogP) is 3.30. The van der Waals surface area contributed by atoms with Crippen molar-refractivity contribution in [3.05, 3.63) is 71.4 Å². The van der Waals surface area contributed by atoms with Crippen molar-refractivity contribution < 1.29 is 22.3 Å². The molecule has 0 spiro atoms. The Morgan fingerprint density at radius 3 is 2.61 bits per heavy atom. The number of hydrogen-bond acceptors (Lipinski definition) is 7.